The summed E-state index contributed by atoms with van der Waals surface area (Å²) in [5.41, 5.74) is 4.66. The van der Waals surface area contributed by atoms with Crippen LogP contribution in [-0.4, -0.2) is 39.9 Å². The van der Waals surface area contributed by atoms with Crippen molar-refractivity contribution in [2.45, 2.75) is 54.9 Å². The zero-order valence-electron chi connectivity index (χ0n) is 22.1. The van der Waals surface area contributed by atoms with Gasteiger partial charge < -0.3 is 0 Å². The normalized spacial score (nSPS) is 21.0. The van der Waals surface area contributed by atoms with Gasteiger partial charge in [-0.3, -0.25) is 0 Å². The van der Waals surface area contributed by atoms with E-state index in [1.165, 1.54) is 11.1 Å². The van der Waals surface area contributed by atoms with Gasteiger partial charge in [-0.15, -0.1) is 0 Å². The molecular formula is C34H36O4Se. The minimum absolute atomic E-state index is 0.0416. The van der Waals surface area contributed by atoms with Crippen LogP contribution in [0.4, 0.5) is 0 Å². The van der Waals surface area contributed by atoms with Gasteiger partial charge in [0.1, 0.15) is 0 Å². The van der Waals surface area contributed by atoms with E-state index < -0.39 is 0 Å². The Morgan fingerprint density at radius 3 is 1.38 bits per heavy atom. The van der Waals surface area contributed by atoms with Crippen LogP contribution in [0, 0.1) is 0 Å². The van der Waals surface area contributed by atoms with E-state index in [1.54, 1.807) is 0 Å². The summed E-state index contributed by atoms with van der Waals surface area (Å²) >= 11 is 0.284. The molecule has 0 spiro atoms. The van der Waals surface area contributed by atoms with E-state index in [-0.39, 0.29) is 38.1 Å². The SMILES string of the molecule is c1ccc(COC[C@H]2[Se]C[C@H](OCc3ccccc3)[C@@H](OCc3ccccc3)[C@@H]2OCc2ccccc2)cc1. The molecule has 4 nitrogen and oxygen atoms in total. The Labute approximate surface area is 238 Å². The van der Waals surface area contributed by atoms with Gasteiger partial charge in [0.15, 0.2) is 0 Å². The maximum atomic E-state index is 6.70. The summed E-state index contributed by atoms with van der Waals surface area (Å²) < 4.78 is 26.2. The average Bonchev–Trinajstić information content (AvgIpc) is 3.00. The molecule has 4 atom stereocenters. The molecule has 0 aliphatic carbocycles. The zero-order chi connectivity index (χ0) is 26.5. The van der Waals surface area contributed by atoms with Crippen LogP contribution >= 0.6 is 0 Å². The van der Waals surface area contributed by atoms with Crippen LogP contribution in [0.5, 0.6) is 0 Å². The van der Waals surface area contributed by atoms with E-state index in [4.69, 9.17) is 18.9 Å². The van der Waals surface area contributed by atoms with Crippen LogP contribution in [0.2, 0.25) is 10.1 Å². The molecule has 1 aliphatic rings. The van der Waals surface area contributed by atoms with Crippen LogP contribution in [0.15, 0.2) is 121 Å². The molecule has 1 aliphatic heterocycles. The van der Waals surface area contributed by atoms with Gasteiger partial charge in [-0.1, -0.05) is 0 Å². The van der Waals surface area contributed by atoms with Crippen molar-refractivity contribution in [2.75, 3.05) is 6.61 Å². The van der Waals surface area contributed by atoms with E-state index in [0.29, 0.717) is 33.0 Å². The molecule has 0 N–H and O–H groups in total. The Hall–Kier alpha value is -2.76. The third kappa shape index (κ3) is 8.61. The first kappa shape index (κ1) is 27.8. The van der Waals surface area contributed by atoms with Crippen LogP contribution < -0.4 is 0 Å². The van der Waals surface area contributed by atoms with Gasteiger partial charge in [0.05, 0.1) is 0 Å². The molecule has 5 heteroatoms. The third-order valence-electron chi connectivity index (χ3n) is 6.80. The summed E-state index contributed by atoms with van der Waals surface area (Å²) in [7, 11) is 0. The fourth-order valence-electron chi connectivity index (χ4n) is 4.70. The zero-order valence-corrected chi connectivity index (χ0v) is 23.9. The number of benzene rings is 4. The number of hydrogen-bond donors (Lipinski definition) is 0. The van der Waals surface area contributed by atoms with Crippen molar-refractivity contribution in [3.8, 4) is 0 Å². The van der Waals surface area contributed by atoms with Gasteiger partial charge in [0.25, 0.3) is 0 Å². The molecule has 0 radical (unpaired) electrons. The van der Waals surface area contributed by atoms with E-state index >= 15 is 0 Å². The number of hydrogen-bond acceptors (Lipinski definition) is 4. The molecule has 0 bridgehead atoms. The fourth-order valence-corrected chi connectivity index (χ4v) is 7.51. The van der Waals surface area contributed by atoms with E-state index in [2.05, 4.69) is 97.1 Å². The van der Waals surface area contributed by atoms with Gasteiger partial charge in [-0.2, -0.15) is 0 Å². The summed E-state index contributed by atoms with van der Waals surface area (Å²) in [6, 6.07) is 41.4. The summed E-state index contributed by atoms with van der Waals surface area (Å²) in [6.45, 7) is 2.86. The van der Waals surface area contributed by atoms with Crippen LogP contribution in [0.3, 0.4) is 0 Å². The number of rotatable bonds is 13. The topological polar surface area (TPSA) is 36.9 Å². The third-order valence-corrected chi connectivity index (χ3v) is 9.64. The summed E-state index contributed by atoms with van der Waals surface area (Å²) in [4.78, 5) is 0.266. The molecule has 0 saturated carbocycles. The molecular weight excluding hydrogens is 551 g/mol. The van der Waals surface area contributed by atoms with Gasteiger partial charge in [0.2, 0.25) is 0 Å². The van der Waals surface area contributed by atoms with Crippen LogP contribution in [0.25, 0.3) is 0 Å². The quantitative estimate of drug-likeness (QED) is 0.160. The van der Waals surface area contributed by atoms with Crippen molar-refractivity contribution >= 4 is 15.0 Å². The Morgan fingerprint density at radius 2 is 0.897 bits per heavy atom. The average molecular weight is 588 g/mol. The second-order valence-electron chi connectivity index (χ2n) is 9.73. The van der Waals surface area contributed by atoms with Crippen molar-refractivity contribution in [3.05, 3.63) is 144 Å². The molecule has 1 saturated heterocycles. The van der Waals surface area contributed by atoms with Crippen LogP contribution in [-0.2, 0) is 45.4 Å². The molecule has 1 fully saturated rings. The van der Waals surface area contributed by atoms with E-state index in [1.807, 2.05) is 24.3 Å². The van der Waals surface area contributed by atoms with E-state index in [0.717, 1.165) is 16.4 Å². The van der Waals surface area contributed by atoms with Crippen molar-refractivity contribution in [3.63, 3.8) is 0 Å². The molecule has 0 aromatic heterocycles. The second kappa shape index (κ2) is 15.1. The van der Waals surface area contributed by atoms with Gasteiger partial charge >= 0.3 is 239 Å². The Balaban J connectivity index is 1.32. The molecule has 0 unspecified atom stereocenters. The first-order chi connectivity index (χ1) is 19.3. The van der Waals surface area contributed by atoms with Crippen molar-refractivity contribution < 1.29 is 18.9 Å². The van der Waals surface area contributed by atoms with Gasteiger partial charge in [-0.25, -0.2) is 0 Å². The second-order valence-corrected chi connectivity index (χ2v) is 12.4. The summed E-state index contributed by atoms with van der Waals surface area (Å²) in [5, 5.41) is 0.962. The standard InChI is InChI=1S/C34H36O4Se/c1-5-13-27(14-6-1)21-35-25-32-34(38-24-30-19-11-4-12-20-30)33(37-23-29-17-9-3-10-18-29)31(26-39-32)36-22-28-15-7-2-8-16-28/h1-20,31-34H,21-26H2/t31-,32+,33+,34+/m0/s1. The van der Waals surface area contributed by atoms with Crippen molar-refractivity contribution in [1.29, 1.82) is 0 Å². The number of ether oxygens (including phenoxy) is 4. The Kier molecular flexibility index (Phi) is 10.8. The fraction of sp³-hybridized carbons (Fsp3) is 0.294. The monoisotopic (exact) mass is 588 g/mol. The van der Waals surface area contributed by atoms with Crippen molar-refractivity contribution in [1.82, 2.24) is 0 Å². The Bertz CT molecular complexity index is 1210. The molecule has 0 amide bonds. The maximum absolute atomic E-state index is 6.70. The molecule has 39 heavy (non-hydrogen) atoms. The van der Waals surface area contributed by atoms with Gasteiger partial charge in [0, 0.05) is 0 Å². The summed E-state index contributed by atoms with van der Waals surface area (Å²) in [6.07, 6.45) is -0.363. The van der Waals surface area contributed by atoms with Crippen molar-refractivity contribution in [2.24, 2.45) is 0 Å². The molecule has 202 valence electrons. The molecule has 1 heterocycles. The first-order valence-electron chi connectivity index (χ1n) is 13.5. The predicted octanol–water partition coefficient (Wildman–Crippen LogP) is 6.88. The van der Waals surface area contributed by atoms with Crippen LogP contribution in [0.1, 0.15) is 22.3 Å². The van der Waals surface area contributed by atoms with Gasteiger partial charge in [-0.05, 0) is 0 Å². The summed E-state index contributed by atoms with van der Waals surface area (Å²) in [5.74, 6) is 0. The molecule has 5 rings (SSSR count). The van der Waals surface area contributed by atoms with E-state index in [9.17, 15) is 0 Å². The predicted molar refractivity (Wildman–Crippen MR) is 155 cm³/mol. The Morgan fingerprint density at radius 1 is 0.487 bits per heavy atom. The molecule has 4 aromatic carbocycles. The first-order valence-corrected chi connectivity index (χ1v) is 15.7. The molecule has 4 aromatic rings. The minimum atomic E-state index is -0.196.